The lowest BCUT2D eigenvalue weighted by molar-refractivity contribution is 0.238. The Morgan fingerprint density at radius 3 is 2.42 bits per heavy atom. The zero-order valence-corrected chi connectivity index (χ0v) is 6.73. The molecule has 0 radical (unpaired) electrons. The van der Waals surface area contributed by atoms with Gasteiger partial charge in [-0.1, -0.05) is 0 Å². The van der Waals surface area contributed by atoms with Gasteiger partial charge >= 0.3 is 7.32 Å². The molecule has 0 spiro atoms. The summed E-state index contributed by atoms with van der Waals surface area (Å²) in [6.45, 7) is 0. The van der Waals surface area contributed by atoms with Crippen LogP contribution in [0.15, 0.2) is 24.3 Å². The molecular weight excluding hydrogens is 157 g/mol. The second-order valence-electron chi connectivity index (χ2n) is 2.23. The lowest BCUT2D eigenvalue weighted by Crippen LogP contribution is -2.23. The topological polar surface area (TPSA) is 64.7 Å². The highest BCUT2D eigenvalue weighted by Crippen LogP contribution is 2.13. The molecule has 0 bridgehead atoms. The Morgan fingerprint density at radius 2 is 1.92 bits per heavy atom. The van der Waals surface area contributed by atoms with E-state index in [1.165, 1.54) is 7.11 Å². The van der Waals surface area contributed by atoms with Crippen molar-refractivity contribution in [2.24, 2.45) is 0 Å². The van der Waals surface area contributed by atoms with Gasteiger partial charge in [0.2, 0.25) is 0 Å². The van der Waals surface area contributed by atoms with E-state index >= 15 is 0 Å². The molecule has 0 amide bonds. The first kappa shape index (κ1) is 8.90. The number of nitrogen functional groups attached to an aromatic ring is 1. The maximum Gasteiger partial charge on any atom is 0.710 e. The van der Waals surface area contributed by atoms with Crippen molar-refractivity contribution in [2.75, 3.05) is 12.8 Å². The van der Waals surface area contributed by atoms with Crippen molar-refractivity contribution in [3.63, 3.8) is 0 Å². The average Bonchev–Trinajstić information content (AvgIpc) is 2.09. The van der Waals surface area contributed by atoms with Crippen LogP contribution in [0.4, 0.5) is 5.69 Å². The van der Waals surface area contributed by atoms with Gasteiger partial charge in [-0.15, -0.1) is 0 Å². The van der Waals surface area contributed by atoms with Crippen LogP contribution in [0.1, 0.15) is 0 Å². The third kappa shape index (κ3) is 2.45. The van der Waals surface area contributed by atoms with Crippen LogP contribution in [0.3, 0.4) is 0 Å². The molecule has 0 saturated carbocycles. The molecule has 0 aromatic heterocycles. The molecular formula is C7H10BNO3. The molecule has 5 heteroatoms. The molecule has 4 nitrogen and oxygen atoms in total. The van der Waals surface area contributed by atoms with Gasteiger partial charge in [-0.3, -0.25) is 0 Å². The van der Waals surface area contributed by atoms with Gasteiger partial charge in [0.1, 0.15) is 5.75 Å². The molecule has 12 heavy (non-hydrogen) atoms. The Balaban J connectivity index is 2.58. The molecule has 0 aliphatic carbocycles. The smallest absolute Gasteiger partial charge is 0.512 e. The quantitative estimate of drug-likeness (QED) is 0.500. The van der Waals surface area contributed by atoms with Crippen molar-refractivity contribution < 1.29 is 14.3 Å². The molecule has 0 aliphatic rings. The number of rotatable bonds is 3. The van der Waals surface area contributed by atoms with Gasteiger partial charge in [-0.2, -0.15) is 0 Å². The van der Waals surface area contributed by atoms with E-state index in [4.69, 9.17) is 15.4 Å². The van der Waals surface area contributed by atoms with Crippen molar-refractivity contribution in [3.8, 4) is 5.75 Å². The van der Waals surface area contributed by atoms with Gasteiger partial charge in [0.05, 0.1) is 0 Å². The summed E-state index contributed by atoms with van der Waals surface area (Å²) in [7, 11) is 0.121. The summed E-state index contributed by atoms with van der Waals surface area (Å²) in [6, 6.07) is 6.66. The molecule has 1 aromatic rings. The third-order valence-corrected chi connectivity index (χ3v) is 1.32. The summed E-state index contributed by atoms with van der Waals surface area (Å²) in [5, 5.41) is 8.90. The second-order valence-corrected chi connectivity index (χ2v) is 2.23. The molecule has 1 rings (SSSR count). The van der Waals surface area contributed by atoms with E-state index in [0.29, 0.717) is 11.4 Å². The lowest BCUT2D eigenvalue weighted by atomic mass is 10.2. The molecule has 1 aromatic carbocycles. The third-order valence-electron chi connectivity index (χ3n) is 1.32. The number of nitrogens with two attached hydrogens (primary N) is 1. The van der Waals surface area contributed by atoms with Crippen molar-refractivity contribution in [1.82, 2.24) is 0 Å². The summed E-state index contributed by atoms with van der Waals surface area (Å²) in [4.78, 5) is 0. The second kappa shape index (κ2) is 3.99. The molecule has 3 N–H and O–H groups in total. The van der Waals surface area contributed by atoms with E-state index in [-0.39, 0.29) is 0 Å². The SMILES string of the molecule is COB(O)Oc1ccc(N)cc1. The van der Waals surface area contributed by atoms with Crippen LogP contribution in [0.25, 0.3) is 0 Å². The highest BCUT2D eigenvalue weighted by Gasteiger charge is 2.14. The summed E-state index contributed by atoms with van der Waals surface area (Å²) < 4.78 is 9.38. The molecule has 0 saturated heterocycles. The molecule has 64 valence electrons. The van der Waals surface area contributed by atoms with Crippen LogP contribution in [0.5, 0.6) is 5.75 Å². The fraction of sp³-hybridized carbons (Fsp3) is 0.143. The first-order valence-corrected chi connectivity index (χ1v) is 3.45. The van der Waals surface area contributed by atoms with E-state index < -0.39 is 7.32 Å². The molecule has 0 atom stereocenters. The van der Waals surface area contributed by atoms with Crippen LogP contribution >= 0.6 is 0 Å². The standard InChI is InChI=1S/C7H10BNO3/c1-11-8(10)12-7-4-2-6(9)3-5-7/h2-5,10H,9H2,1H3. The Morgan fingerprint density at radius 1 is 1.33 bits per heavy atom. The zero-order chi connectivity index (χ0) is 8.97. The average molecular weight is 167 g/mol. The summed E-state index contributed by atoms with van der Waals surface area (Å²) in [6.07, 6.45) is 0. The van der Waals surface area contributed by atoms with E-state index in [1.807, 2.05) is 0 Å². The van der Waals surface area contributed by atoms with Gasteiger partial charge in [0.25, 0.3) is 0 Å². The highest BCUT2D eigenvalue weighted by molar-refractivity contribution is 6.35. The van der Waals surface area contributed by atoms with Gasteiger partial charge in [-0.25, -0.2) is 0 Å². The minimum atomic E-state index is -1.23. The molecule has 0 heterocycles. The fourth-order valence-corrected chi connectivity index (χ4v) is 0.711. The normalized spacial score (nSPS) is 9.50. The highest BCUT2D eigenvalue weighted by atomic mass is 16.7. The van der Waals surface area contributed by atoms with E-state index in [0.717, 1.165) is 0 Å². The van der Waals surface area contributed by atoms with E-state index in [9.17, 15) is 0 Å². The van der Waals surface area contributed by atoms with Gasteiger partial charge in [0, 0.05) is 12.8 Å². The number of benzene rings is 1. The molecule has 0 aliphatic heterocycles. The number of anilines is 1. The van der Waals surface area contributed by atoms with Gasteiger partial charge in [-0.05, 0) is 24.3 Å². The van der Waals surface area contributed by atoms with E-state index in [2.05, 4.69) is 4.65 Å². The van der Waals surface area contributed by atoms with Gasteiger partial charge < -0.3 is 20.1 Å². The van der Waals surface area contributed by atoms with Crippen LogP contribution in [-0.2, 0) is 4.65 Å². The molecule has 0 fully saturated rings. The minimum absolute atomic E-state index is 0.513. The maximum atomic E-state index is 8.90. The number of hydrogen-bond acceptors (Lipinski definition) is 4. The predicted molar refractivity (Wildman–Crippen MR) is 46.5 cm³/mol. The maximum absolute atomic E-state index is 8.90. The number of hydrogen-bond donors (Lipinski definition) is 2. The Kier molecular flexibility index (Phi) is 2.96. The summed E-state index contributed by atoms with van der Waals surface area (Å²) in [5.41, 5.74) is 6.09. The summed E-state index contributed by atoms with van der Waals surface area (Å²) >= 11 is 0. The van der Waals surface area contributed by atoms with Crippen molar-refractivity contribution in [3.05, 3.63) is 24.3 Å². The first-order chi connectivity index (χ1) is 5.72. The predicted octanol–water partition coefficient (Wildman–Crippen LogP) is 0.271. The fourth-order valence-electron chi connectivity index (χ4n) is 0.711. The van der Waals surface area contributed by atoms with Crippen LogP contribution in [0.2, 0.25) is 0 Å². The lowest BCUT2D eigenvalue weighted by Gasteiger charge is -2.06. The monoisotopic (exact) mass is 167 g/mol. The van der Waals surface area contributed by atoms with E-state index in [1.54, 1.807) is 24.3 Å². The Hall–Kier alpha value is -1.20. The van der Waals surface area contributed by atoms with Crippen LogP contribution in [0, 0.1) is 0 Å². The van der Waals surface area contributed by atoms with Crippen LogP contribution < -0.4 is 10.4 Å². The summed E-state index contributed by atoms with van der Waals surface area (Å²) in [5.74, 6) is 0.513. The van der Waals surface area contributed by atoms with Crippen molar-refractivity contribution in [1.29, 1.82) is 0 Å². The van der Waals surface area contributed by atoms with Gasteiger partial charge in [0.15, 0.2) is 0 Å². The first-order valence-electron chi connectivity index (χ1n) is 3.45. The zero-order valence-electron chi connectivity index (χ0n) is 6.73. The Bertz CT molecular complexity index is 239. The van der Waals surface area contributed by atoms with Crippen LogP contribution in [-0.4, -0.2) is 19.5 Å². The van der Waals surface area contributed by atoms with Crippen molar-refractivity contribution in [2.45, 2.75) is 0 Å². The van der Waals surface area contributed by atoms with Crippen molar-refractivity contribution >= 4 is 13.0 Å². The largest absolute Gasteiger partial charge is 0.710 e. The molecule has 0 unspecified atom stereocenters. The Labute approximate surface area is 71.1 Å². The minimum Gasteiger partial charge on any atom is -0.512 e.